The van der Waals surface area contributed by atoms with Crippen LogP contribution in [-0.4, -0.2) is 21.2 Å². The zero-order valence-electron chi connectivity index (χ0n) is 15.6. The van der Waals surface area contributed by atoms with Gasteiger partial charge in [-0.1, -0.05) is 30.0 Å². The Balaban J connectivity index is 1.74. The first kappa shape index (κ1) is 20.3. The maximum absolute atomic E-state index is 12.9. The average Bonchev–Trinajstić information content (AvgIpc) is 2.96. The molecule has 0 aliphatic rings. The van der Waals surface area contributed by atoms with Gasteiger partial charge in [-0.25, -0.2) is 9.37 Å². The second-order valence-electron chi connectivity index (χ2n) is 6.25. The molecule has 8 heteroatoms. The number of thiophene rings is 1. The van der Waals surface area contributed by atoms with Crippen LogP contribution < -0.4 is 10.9 Å². The highest BCUT2D eigenvalue weighted by Gasteiger charge is 2.17. The molecule has 1 amide bonds. The van der Waals surface area contributed by atoms with Gasteiger partial charge in [-0.15, -0.1) is 17.9 Å². The number of carbonyl (C=O) groups excluding carboxylic acids is 1. The van der Waals surface area contributed by atoms with Crippen LogP contribution in [0.4, 0.5) is 4.39 Å². The second-order valence-corrected chi connectivity index (χ2v) is 8.40. The van der Waals surface area contributed by atoms with Gasteiger partial charge in [0.25, 0.3) is 5.56 Å². The topological polar surface area (TPSA) is 64.0 Å². The standard InChI is InChI=1S/C20H20FN3O2S2/c1-4-9-24-19(26)17-12(2)13(3)28-18(17)23-20(24)27-11-16(25)22-10-14-5-7-15(21)8-6-14/h4-8H,1,9-11H2,2-3H3,(H,22,25). The zero-order chi connectivity index (χ0) is 20.3. The van der Waals surface area contributed by atoms with Crippen molar-refractivity contribution in [1.29, 1.82) is 0 Å². The summed E-state index contributed by atoms with van der Waals surface area (Å²) in [6.45, 7) is 8.24. The first-order valence-corrected chi connectivity index (χ1v) is 10.5. The van der Waals surface area contributed by atoms with Gasteiger partial charge in [-0.2, -0.15) is 0 Å². The van der Waals surface area contributed by atoms with Crippen LogP contribution in [0.3, 0.4) is 0 Å². The summed E-state index contributed by atoms with van der Waals surface area (Å²) < 4.78 is 14.5. The van der Waals surface area contributed by atoms with Gasteiger partial charge in [-0.3, -0.25) is 14.2 Å². The predicted octanol–water partition coefficient (Wildman–Crippen LogP) is 3.81. The molecule has 0 saturated carbocycles. The highest BCUT2D eigenvalue weighted by Crippen LogP contribution is 2.28. The number of fused-ring (bicyclic) bond motifs is 1. The Kier molecular flexibility index (Phi) is 6.31. The van der Waals surface area contributed by atoms with Crippen molar-refractivity contribution in [1.82, 2.24) is 14.9 Å². The number of hydrogen-bond donors (Lipinski definition) is 1. The Morgan fingerprint density at radius 3 is 2.75 bits per heavy atom. The fourth-order valence-corrected chi connectivity index (χ4v) is 4.60. The molecular weight excluding hydrogens is 397 g/mol. The molecule has 0 atom stereocenters. The largest absolute Gasteiger partial charge is 0.351 e. The summed E-state index contributed by atoms with van der Waals surface area (Å²) in [5.74, 6) is -0.377. The highest BCUT2D eigenvalue weighted by molar-refractivity contribution is 7.99. The minimum absolute atomic E-state index is 0.110. The number of thioether (sulfide) groups is 1. The number of nitrogens with zero attached hydrogens (tertiary/aromatic N) is 2. The van der Waals surface area contributed by atoms with E-state index in [1.54, 1.807) is 22.8 Å². The summed E-state index contributed by atoms with van der Waals surface area (Å²) in [5.41, 5.74) is 1.65. The predicted molar refractivity (Wildman–Crippen MR) is 113 cm³/mol. The van der Waals surface area contributed by atoms with E-state index < -0.39 is 0 Å². The number of aryl methyl sites for hydroxylation is 2. The molecule has 1 N–H and O–H groups in total. The van der Waals surface area contributed by atoms with Crippen molar-refractivity contribution < 1.29 is 9.18 Å². The minimum atomic E-state index is -0.314. The highest BCUT2D eigenvalue weighted by atomic mass is 32.2. The normalized spacial score (nSPS) is 11.0. The monoisotopic (exact) mass is 417 g/mol. The summed E-state index contributed by atoms with van der Waals surface area (Å²) in [5, 5.41) is 3.92. The van der Waals surface area contributed by atoms with E-state index in [9.17, 15) is 14.0 Å². The van der Waals surface area contributed by atoms with Crippen molar-refractivity contribution in [2.24, 2.45) is 0 Å². The number of carbonyl (C=O) groups is 1. The van der Waals surface area contributed by atoms with Crippen molar-refractivity contribution in [2.75, 3.05) is 5.75 Å². The third-order valence-electron chi connectivity index (χ3n) is 4.30. The number of nitrogens with one attached hydrogen (secondary N) is 1. The van der Waals surface area contributed by atoms with Crippen LogP contribution in [0.25, 0.3) is 10.2 Å². The molecule has 0 bridgehead atoms. The third kappa shape index (κ3) is 4.34. The van der Waals surface area contributed by atoms with Crippen molar-refractivity contribution in [3.63, 3.8) is 0 Å². The number of rotatable bonds is 7. The lowest BCUT2D eigenvalue weighted by atomic mass is 10.2. The van der Waals surface area contributed by atoms with E-state index in [2.05, 4.69) is 16.9 Å². The molecular formula is C20H20FN3O2S2. The van der Waals surface area contributed by atoms with Crippen LogP contribution in [0, 0.1) is 19.7 Å². The molecule has 0 radical (unpaired) electrons. The van der Waals surface area contributed by atoms with Crippen molar-refractivity contribution in [2.45, 2.75) is 32.1 Å². The summed E-state index contributed by atoms with van der Waals surface area (Å²) in [6, 6.07) is 5.96. The number of benzene rings is 1. The van der Waals surface area contributed by atoms with Gasteiger partial charge in [0, 0.05) is 18.0 Å². The molecule has 1 aromatic carbocycles. The minimum Gasteiger partial charge on any atom is -0.351 e. The van der Waals surface area contributed by atoms with Gasteiger partial charge in [0.2, 0.25) is 5.91 Å². The molecule has 146 valence electrons. The molecule has 5 nitrogen and oxygen atoms in total. The quantitative estimate of drug-likeness (QED) is 0.361. The molecule has 0 aliphatic heterocycles. The molecule has 0 unspecified atom stereocenters. The number of hydrogen-bond acceptors (Lipinski definition) is 5. The fourth-order valence-electron chi connectivity index (χ4n) is 2.69. The van der Waals surface area contributed by atoms with E-state index in [1.807, 2.05) is 13.8 Å². The van der Waals surface area contributed by atoms with Gasteiger partial charge in [0.1, 0.15) is 10.6 Å². The Hall–Kier alpha value is -2.45. The molecule has 0 fully saturated rings. The molecule has 28 heavy (non-hydrogen) atoms. The molecule has 2 aromatic heterocycles. The van der Waals surface area contributed by atoms with Crippen LogP contribution >= 0.6 is 23.1 Å². The maximum atomic E-state index is 12.9. The van der Waals surface area contributed by atoms with Crippen molar-refractivity contribution in [3.05, 3.63) is 69.1 Å². The Morgan fingerprint density at radius 2 is 2.07 bits per heavy atom. The summed E-state index contributed by atoms with van der Waals surface area (Å²) in [6.07, 6.45) is 1.64. The molecule has 0 spiro atoms. The summed E-state index contributed by atoms with van der Waals surface area (Å²) in [7, 11) is 0. The van der Waals surface area contributed by atoms with E-state index in [0.717, 1.165) is 16.0 Å². The van der Waals surface area contributed by atoms with Crippen LogP contribution in [0.5, 0.6) is 0 Å². The van der Waals surface area contributed by atoms with Crippen LogP contribution in [0.1, 0.15) is 16.0 Å². The molecule has 3 rings (SSSR count). The Morgan fingerprint density at radius 1 is 1.36 bits per heavy atom. The second kappa shape index (κ2) is 8.70. The van der Waals surface area contributed by atoms with E-state index in [1.165, 1.54) is 35.2 Å². The van der Waals surface area contributed by atoms with Crippen LogP contribution in [0.2, 0.25) is 0 Å². The fraction of sp³-hybridized carbons (Fsp3) is 0.250. The van der Waals surface area contributed by atoms with Gasteiger partial charge in [0.15, 0.2) is 5.16 Å². The van der Waals surface area contributed by atoms with Crippen molar-refractivity contribution >= 4 is 39.2 Å². The Labute approximate surface area is 170 Å². The lowest BCUT2D eigenvalue weighted by Gasteiger charge is -2.10. The number of amides is 1. The first-order chi connectivity index (χ1) is 13.4. The molecule has 0 aliphatic carbocycles. The zero-order valence-corrected chi connectivity index (χ0v) is 17.3. The third-order valence-corrected chi connectivity index (χ3v) is 6.38. The molecule has 0 saturated heterocycles. The molecule has 2 heterocycles. The van der Waals surface area contributed by atoms with Gasteiger partial charge in [-0.05, 0) is 37.1 Å². The lowest BCUT2D eigenvalue weighted by Crippen LogP contribution is -2.26. The maximum Gasteiger partial charge on any atom is 0.263 e. The number of halogens is 1. The SMILES string of the molecule is C=CCn1c(SCC(=O)NCc2ccc(F)cc2)nc2sc(C)c(C)c2c1=O. The average molecular weight is 418 g/mol. The summed E-state index contributed by atoms with van der Waals surface area (Å²) in [4.78, 5) is 31.4. The van der Waals surface area contributed by atoms with Gasteiger partial charge < -0.3 is 5.32 Å². The van der Waals surface area contributed by atoms with E-state index in [4.69, 9.17) is 0 Å². The number of allylic oxidation sites excluding steroid dienone is 1. The lowest BCUT2D eigenvalue weighted by molar-refractivity contribution is -0.118. The first-order valence-electron chi connectivity index (χ1n) is 8.66. The number of aromatic nitrogens is 2. The van der Waals surface area contributed by atoms with Gasteiger partial charge >= 0.3 is 0 Å². The van der Waals surface area contributed by atoms with E-state index in [-0.39, 0.29) is 23.0 Å². The van der Waals surface area contributed by atoms with Crippen LogP contribution in [-0.2, 0) is 17.9 Å². The van der Waals surface area contributed by atoms with E-state index in [0.29, 0.717) is 28.5 Å². The smallest absolute Gasteiger partial charge is 0.263 e. The van der Waals surface area contributed by atoms with Crippen molar-refractivity contribution in [3.8, 4) is 0 Å². The van der Waals surface area contributed by atoms with E-state index >= 15 is 0 Å². The summed E-state index contributed by atoms with van der Waals surface area (Å²) >= 11 is 2.70. The Bertz CT molecular complexity index is 1090. The van der Waals surface area contributed by atoms with Gasteiger partial charge in [0.05, 0.1) is 11.1 Å². The van der Waals surface area contributed by atoms with Crippen LogP contribution in [0.15, 0.2) is 46.9 Å². The molecule has 3 aromatic rings.